The zero-order valence-electron chi connectivity index (χ0n) is 34.1. The van der Waals surface area contributed by atoms with Crippen LogP contribution in [-0.2, 0) is 23.8 Å². The molecule has 0 saturated carbocycles. The molecule has 286 valence electrons. The molecule has 8 aromatic rings. The van der Waals surface area contributed by atoms with E-state index in [1.165, 1.54) is 63.0 Å². The molecular weight excluding hydrogens is 701 g/mol. The van der Waals surface area contributed by atoms with Gasteiger partial charge in [0.1, 0.15) is 29.8 Å². The van der Waals surface area contributed by atoms with Crippen LogP contribution in [0, 0.1) is 6.92 Å². The predicted molar refractivity (Wildman–Crippen MR) is 235 cm³/mol. The van der Waals surface area contributed by atoms with Crippen LogP contribution in [0.3, 0.4) is 0 Å². The first-order valence-electron chi connectivity index (χ1n) is 20.4. The van der Waals surface area contributed by atoms with Gasteiger partial charge in [-0.3, -0.25) is 4.57 Å². The molecule has 2 aliphatic rings. The fraction of sp³-hybridized carbons (Fsp3) is 0.280. The summed E-state index contributed by atoms with van der Waals surface area (Å²) in [5, 5.41) is 2.36. The number of fused-ring (bicyclic) bond motifs is 7. The number of aromatic nitrogens is 4. The normalized spacial score (nSPS) is 14.5. The second-order valence-electron chi connectivity index (χ2n) is 18.1. The number of benzene rings is 5. The fourth-order valence-corrected chi connectivity index (χ4v) is 8.72. The fourth-order valence-electron chi connectivity index (χ4n) is 8.72. The van der Waals surface area contributed by atoms with Crippen LogP contribution >= 0.6 is 0 Å². The van der Waals surface area contributed by atoms with E-state index in [-0.39, 0.29) is 10.8 Å². The molecule has 0 radical (unpaired) electrons. The smallest absolute Gasteiger partial charge is 0.137 e. The molecule has 3 aromatic heterocycles. The summed E-state index contributed by atoms with van der Waals surface area (Å²) in [7, 11) is 0. The van der Waals surface area contributed by atoms with Crippen molar-refractivity contribution in [2.45, 2.75) is 85.1 Å². The molecule has 0 bridgehead atoms. The zero-order chi connectivity index (χ0) is 39.2. The maximum absolute atomic E-state index is 6.94. The molecule has 0 aliphatic carbocycles. The Labute approximate surface area is 335 Å². The van der Waals surface area contributed by atoms with Crippen LogP contribution in [0.2, 0.25) is 0 Å². The van der Waals surface area contributed by atoms with Gasteiger partial charge in [-0.05, 0) is 108 Å². The first-order valence-corrected chi connectivity index (χ1v) is 20.4. The highest BCUT2D eigenvalue weighted by Gasteiger charge is 2.32. The van der Waals surface area contributed by atoms with Gasteiger partial charge in [-0.1, -0.05) is 77.4 Å². The number of pyridine rings is 1. The van der Waals surface area contributed by atoms with Crippen molar-refractivity contribution < 1.29 is 4.74 Å². The minimum Gasteiger partial charge on any atom is -0.457 e. The topological polar surface area (TPSA) is 51.4 Å². The average Bonchev–Trinajstić information content (AvgIpc) is 3.86. The summed E-state index contributed by atoms with van der Waals surface area (Å²) < 4.78 is 11.7. The van der Waals surface area contributed by atoms with Gasteiger partial charge in [0.2, 0.25) is 0 Å². The molecule has 0 saturated heterocycles. The lowest BCUT2D eigenvalue weighted by molar-refractivity contribution is 0.479. The van der Waals surface area contributed by atoms with Gasteiger partial charge in [0, 0.05) is 53.4 Å². The number of imidazole rings is 1. The molecular formula is C50H50N6O. The number of rotatable bonds is 5. The van der Waals surface area contributed by atoms with Gasteiger partial charge < -0.3 is 19.1 Å². The standard InChI is InChI=1S/C50H50N6O/c1-32-15-17-35(18-16-32)54-31-55(45-29-41-44(30-46(45)54)53-23-11-10-14-47(53)52-41)36-24-34(50(5,6)7)25-38(27-36)57-37-19-20-40-39-12-8-9-13-42(39)56(43(40)28-37)48-26-33(21-22-51-48)49(2,3)4/h8-9,12-13,15-22,24-30H,10-11,14,23,31H2,1-7H3. The lowest BCUT2D eigenvalue weighted by Gasteiger charge is -2.26. The Morgan fingerprint density at radius 3 is 2.18 bits per heavy atom. The quantitative estimate of drug-likeness (QED) is 0.175. The lowest BCUT2D eigenvalue weighted by Crippen LogP contribution is -2.24. The van der Waals surface area contributed by atoms with E-state index in [4.69, 9.17) is 14.7 Å². The Bertz CT molecular complexity index is 2850. The van der Waals surface area contributed by atoms with Crippen LogP contribution < -0.4 is 14.5 Å². The van der Waals surface area contributed by atoms with E-state index < -0.39 is 0 Å². The summed E-state index contributed by atoms with van der Waals surface area (Å²) in [4.78, 5) is 14.9. The number of para-hydroxylation sites is 1. The lowest BCUT2D eigenvalue weighted by atomic mass is 9.86. The number of aryl methyl sites for hydroxylation is 3. The maximum Gasteiger partial charge on any atom is 0.137 e. The van der Waals surface area contributed by atoms with E-state index in [0.717, 1.165) is 58.2 Å². The van der Waals surface area contributed by atoms with Crippen molar-refractivity contribution in [3.8, 4) is 17.3 Å². The van der Waals surface area contributed by atoms with Crippen LogP contribution in [-0.4, -0.2) is 25.8 Å². The van der Waals surface area contributed by atoms with Crippen molar-refractivity contribution in [3.63, 3.8) is 0 Å². The van der Waals surface area contributed by atoms with Gasteiger partial charge in [0.05, 0.1) is 33.4 Å². The van der Waals surface area contributed by atoms with Crippen molar-refractivity contribution >= 4 is 55.6 Å². The SMILES string of the molecule is Cc1ccc(N2CN(c3cc(Oc4ccc5c6ccccc6n(-c6cc(C(C)(C)C)ccn6)c5c4)cc(C(C)(C)C)c3)c3cc4nc5n(c4cc32)CCCC5)cc1. The molecule has 0 fully saturated rings. The zero-order valence-corrected chi connectivity index (χ0v) is 34.1. The number of hydrogen-bond donors (Lipinski definition) is 0. The molecule has 0 unspecified atom stereocenters. The summed E-state index contributed by atoms with van der Waals surface area (Å²) in [6, 6.07) is 39.7. The van der Waals surface area contributed by atoms with Crippen molar-refractivity contribution in [1.29, 1.82) is 0 Å². The molecule has 7 nitrogen and oxygen atoms in total. The Hall–Kier alpha value is -6.08. The van der Waals surface area contributed by atoms with Gasteiger partial charge in [0.15, 0.2) is 0 Å². The van der Waals surface area contributed by atoms with Crippen molar-refractivity contribution in [2.24, 2.45) is 0 Å². The van der Waals surface area contributed by atoms with Crippen molar-refractivity contribution in [3.05, 3.63) is 138 Å². The molecule has 10 rings (SSSR count). The Balaban J connectivity index is 1.09. The van der Waals surface area contributed by atoms with E-state index in [1.807, 2.05) is 6.20 Å². The van der Waals surface area contributed by atoms with E-state index in [9.17, 15) is 0 Å². The Morgan fingerprint density at radius 2 is 1.37 bits per heavy atom. The number of nitrogens with zero attached hydrogens (tertiary/aromatic N) is 6. The van der Waals surface area contributed by atoms with E-state index in [2.05, 4.69) is 177 Å². The highest BCUT2D eigenvalue weighted by Crippen LogP contribution is 2.48. The highest BCUT2D eigenvalue weighted by atomic mass is 16.5. The van der Waals surface area contributed by atoms with Gasteiger partial charge in [-0.25, -0.2) is 9.97 Å². The minimum atomic E-state index is -0.111. The van der Waals surface area contributed by atoms with Crippen LogP contribution in [0.4, 0.5) is 22.7 Å². The van der Waals surface area contributed by atoms with Gasteiger partial charge >= 0.3 is 0 Å². The largest absolute Gasteiger partial charge is 0.457 e. The molecule has 0 atom stereocenters. The molecule has 57 heavy (non-hydrogen) atoms. The average molecular weight is 751 g/mol. The third kappa shape index (κ3) is 6.11. The molecule has 5 heterocycles. The van der Waals surface area contributed by atoms with Crippen molar-refractivity contribution in [1.82, 2.24) is 19.1 Å². The van der Waals surface area contributed by atoms with Crippen LogP contribution in [0.1, 0.15) is 76.9 Å². The second kappa shape index (κ2) is 13.0. The number of ether oxygens (including phenoxy) is 1. The molecule has 5 aromatic carbocycles. The summed E-state index contributed by atoms with van der Waals surface area (Å²) >= 11 is 0. The summed E-state index contributed by atoms with van der Waals surface area (Å²) in [5.41, 5.74) is 12.7. The maximum atomic E-state index is 6.94. The van der Waals surface area contributed by atoms with E-state index in [1.54, 1.807) is 0 Å². The number of anilines is 4. The van der Waals surface area contributed by atoms with Crippen LogP contribution in [0.15, 0.2) is 115 Å². The molecule has 0 amide bonds. The van der Waals surface area contributed by atoms with Gasteiger partial charge in [-0.15, -0.1) is 0 Å². The molecule has 7 heteroatoms. The van der Waals surface area contributed by atoms with Crippen molar-refractivity contribution in [2.75, 3.05) is 16.5 Å². The second-order valence-corrected chi connectivity index (χ2v) is 18.1. The molecule has 2 aliphatic heterocycles. The van der Waals surface area contributed by atoms with Crippen LogP contribution in [0.5, 0.6) is 11.5 Å². The third-order valence-corrected chi connectivity index (χ3v) is 12.0. The van der Waals surface area contributed by atoms with Crippen LogP contribution in [0.25, 0.3) is 38.7 Å². The summed E-state index contributed by atoms with van der Waals surface area (Å²) in [5.74, 6) is 3.69. The predicted octanol–water partition coefficient (Wildman–Crippen LogP) is 12.8. The van der Waals surface area contributed by atoms with Gasteiger partial charge in [-0.2, -0.15) is 0 Å². The third-order valence-electron chi connectivity index (χ3n) is 12.0. The van der Waals surface area contributed by atoms with E-state index >= 15 is 0 Å². The number of hydrogen-bond acceptors (Lipinski definition) is 5. The molecule has 0 N–H and O–H groups in total. The first-order chi connectivity index (χ1) is 27.4. The Morgan fingerprint density at radius 1 is 0.614 bits per heavy atom. The Kier molecular flexibility index (Phi) is 8.05. The summed E-state index contributed by atoms with van der Waals surface area (Å²) in [6.07, 6.45) is 5.36. The molecule has 0 spiro atoms. The first kappa shape index (κ1) is 35.3. The van der Waals surface area contributed by atoms with Gasteiger partial charge in [0.25, 0.3) is 0 Å². The monoisotopic (exact) mass is 750 g/mol. The summed E-state index contributed by atoms with van der Waals surface area (Å²) in [6.45, 7) is 17.4. The minimum absolute atomic E-state index is 0.00237. The highest BCUT2D eigenvalue weighted by molar-refractivity contribution is 6.09. The van der Waals surface area contributed by atoms with E-state index in [0.29, 0.717) is 6.67 Å².